The van der Waals surface area contributed by atoms with Crippen LogP contribution >= 0.6 is 0 Å². The molecule has 0 nitrogen and oxygen atoms in total. The first-order valence-electron chi connectivity index (χ1n) is 5.89. The Kier molecular flexibility index (Phi) is 6.14. The Bertz CT molecular complexity index is 213. The summed E-state index contributed by atoms with van der Waals surface area (Å²) in [5.41, 5.74) is 1.36. The summed E-state index contributed by atoms with van der Waals surface area (Å²) in [5, 5.41) is 0. The zero-order chi connectivity index (χ0) is 10.1. The molecule has 0 heteroatoms. The predicted molar refractivity (Wildman–Crippen MR) is 62.4 cm³/mol. The molecule has 0 unspecified atom stereocenters. The van der Waals surface area contributed by atoms with E-state index in [2.05, 4.69) is 25.1 Å². The van der Waals surface area contributed by atoms with E-state index in [4.69, 9.17) is 0 Å². The molecule has 0 bridgehead atoms. The van der Waals surface area contributed by atoms with Crippen LogP contribution in [0.4, 0.5) is 0 Å². The summed E-state index contributed by atoms with van der Waals surface area (Å²) in [6.07, 6.45) is 9.46. The first-order valence-corrected chi connectivity index (χ1v) is 5.89. The summed E-state index contributed by atoms with van der Waals surface area (Å²) in [4.78, 5) is 0. The van der Waals surface area contributed by atoms with Crippen molar-refractivity contribution in [3.05, 3.63) is 35.9 Å². The van der Waals surface area contributed by atoms with Crippen LogP contribution in [0.15, 0.2) is 24.3 Å². The van der Waals surface area contributed by atoms with Crippen LogP contribution in [0.2, 0.25) is 0 Å². The first-order chi connectivity index (χ1) is 6.93. The molecule has 0 N–H and O–H groups in total. The topological polar surface area (TPSA) is 0 Å². The third kappa shape index (κ3) is 5.06. The summed E-state index contributed by atoms with van der Waals surface area (Å²) in [6.45, 7) is 2.26. The van der Waals surface area contributed by atoms with E-state index >= 15 is 0 Å². The van der Waals surface area contributed by atoms with E-state index in [1.807, 2.05) is 12.1 Å². The van der Waals surface area contributed by atoms with E-state index in [9.17, 15) is 0 Å². The second-order valence-corrected chi connectivity index (χ2v) is 3.91. The molecule has 0 fully saturated rings. The van der Waals surface area contributed by atoms with Gasteiger partial charge in [0.2, 0.25) is 0 Å². The molecule has 0 atom stereocenters. The number of rotatable bonds is 7. The lowest BCUT2D eigenvalue weighted by atomic mass is 10.1. The van der Waals surface area contributed by atoms with Gasteiger partial charge in [0.05, 0.1) is 0 Å². The number of hydrogen-bond donors (Lipinski definition) is 0. The van der Waals surface area contributed by atoms with Crippen LogP contribution in [0.5, 0.6) is 0 Å². The molecule has 0 amide bonds. The minimum absolute atomic E-state index is 1.20. The average Bonchev–Trinajstić information content (AvgIpc) is 2.25. The van der Waals surface area contributed by atoms with Gasteiger partial charge >= 0.3 is 0 Å². The summed E-state index contributed by atoms with van der Waals surface area (Å²) in [7, 11) is 0. The minimum Gasteiger partial charge on any atom is -0.0654 e. The largest absolute Gasteiger partial charge is 0.0654 e. The van der Waals surface area contributed by atoms with Gasteiger partial charge in [-0.2, -0.15) is 0 Å². The minimum atomic E-state index is 1.20. The van der Waals surface area contributed by atoms with Gasteiger partial charge in [-0.25, -0.2) is 0 Å². The quantitative estimate of drug-likeness (QED) is 0.558. The molecule has 1 rings (SSSR count). The predicted octanol–water partition coefficient (Wildman–Crippen LogP) is 4.39. The van der Waals surface area contributed by atoms with E-state index < -0.39 is 0 Å². The van der Waals surface area contributed by atoms with Crippen molar-refractivity contribution in [1.29, 1.82) is 0 Å². The molecule has 77 valence electrons. The highest BCUT2D eigenvalue weighted by Crippen LogP contribution is 2.08. The number of benzene rings is 1. The Morgan fingerprint density at radius 3 is 2.50 bits per heavy atom. The van der Waals surface area contributed by atoms with Gasteiger partial charge in [-0.15, -0.1) is 0 Å². The molecule has 14 heavy (non-hydrogen) atoms. The molecule has 1 aromatic rings. The van der Waals surface area contributed by atoms with E-state index in [1.54, 1.807) is 0 Å². The Balaban J connectivity index is 1.99. The fourth-order valence-corrected chi connectivity index (χ4v) is 1.68. The molecular weight excluding hydrogens is 168 g/mol. The van der Waals surface area contributed by atoms with E-state index in [0.717, 1.165) is 0 Å². The Morgan fingerprint density at radius 1 is 1.00 bits per heavy atom. The normalized spacial score (nSPS) is 10.4. The summed E-state index contributed by atoms with van der Waals surface area (Å²) < 4.78 is 0. The highest BCUT2D eigenvalue weighted by molar-refractivity contribution is 5.12. The Morgan fingerprint density at radius 2 is 1.79 bits per heavy atom. The summed E-state index contributed by atoms with van der Waals surface area (Å²) in [6, 6.07) is 11.6. The smallest absolute Gasteiger partial charge is 0.0149 e. The fraction of sp³-hybridized carbons (Fsp3) is 0.571. The van der Waals surface area contributed by atoms with E-state index in [0.29, 0.717) is 0 Å². The van der Waals surface area contributed by atoms with Gasteiger partial charge in [-0.3, -0.25) is 0 Å². The zero-order valence-electron chi connectivity index (χ0n) is 9.26. The van der Waals surface area contributed by atoms with Crippen molar-refractivity contribution >= 4 is 0 Å². The van der Waals surface area contributed by atoms with Crippen LogP contribution in [0.1, 0.15) is 51.0 Å². The van der Waals surface area contributed by atoms with Crippen molar-refractivity contribution in [3.8, 4) is 0 Å². The second kappa shape index (κ2) is 7.61. The van der Waals surface area contributed by atoms with Crippen molar-refractivity contribution in [3.63, 3.8) is 0 Å². The molecule has 0 aromatic heterocycles. The van der Waals surface area contributed by atoms with E-state index in [1.165, 1.54) is 50.5 Å². The monoisotopic (exact) mass is 189 g/mol. The molecule has 0 aliphatic carbocycles. The van der Waals surface area contributed by atoms with E-state index in [-0.39, 0.29) is 0 Å². The fourth-order valence-electron chi connectivity index (χ4n) is 1.68. The van der Waals surface area contributed by atoms with Gasteiger partial charge in [0, 0.05) is 0 Å². The van der Waals surface area contributed by atoms with Gasteiger partial charge in [0.1, 0.15) is 0 Å². The Hall–Kier alpha value is -0.780. The lowest BCUT2D eigenvalue weighted by molar-refractivity contribution is 0.607. The molecule has 0 aliphatic rings. The Labute approximate surface area is 88.4 Å². The summed E-state index contributed by atoms with van der Waals surface area (Å²) in [5.74, 6) is 0. The van der Waals surface area contributed by atoms with Gasteiger partial charge in [-0.1, -0.05) is 63.3 Å². The molecule has 0 saturated carbocycles. The van der Waals surface area contributed by atoms with Crippen LogP contribution in [-0.2, 0) is 6.42 Å². The molecular formula is C14H21. The second-order valence-electron chi connectivity index (χ2n) is 3.91. The third-order valence-corrected chi connectivity index (χ3v) is 2.57. The molecule has 0 spiro atoms. The number of hydrogen-bond acceptors (Lipinski definition) is 0. The van der Waals surface area contributed by atoms with Gasteiger partial charge in [0.15, 0.2) is 0 Å². The maximum Gasteiger partial charge on any atom is -0.0149 e. The maximum absolute atomic E-state index is 3.27. The third-order valence-electron chi connectivity index (χ3n) is 2.57. The molecule has 0 heterocycles. The van der Waals surface area contributed by atoms with Crippen molar-refractivity contribution in [2.24, 2.45) is 0 Å². The van der Waals surface area contributed by atoms with Crippen LogP contribution in [0.25, 0.3) is 0 Å². The lowest BCUT2D eigenvalue weighted by Gasteiger charge is -2.00. The first kappa shape index (κ1) is 11.3. The van der Waals surface area contributed by atoms with Crippen molar-refractivity contribution in [2.75, 3.05) is 0 Å². The highest BCUT2D eigenvalue weighted by atomic mass is 14.0. The molecule has 1 aromatic carbocycles. The zero-order valence-corrected chi connectivity index (χ0v) is 9.26. The van der Waals surface area contributed by atoms with Gasteiger partial charge < -0.3 is 0 Å². The van der Waals surface area contributed by atoms with Crippen LogP contribution in [-0.4, -0.2) is 0 Å². The van der Waals surface area contributed by atoms with Crippen LogP contribution in [0.3, 0.4) is 0 Å². The molecule has 0 aliphatic heterocycles. The summed E-state index contributed by atoms with van der Waals surface area (Å²) >= 11 is 0. The van der Waals surface area contributed by atoms with Gasteiger partial charge in [0.25, 0.3) is 0 Å². The van der Waals surface area contributed by atoms with Crippen molar-refractivity contribution in [2.45, 2.75) is 51.9 Å². The average molecular weight is 189 g/mol. The standard InChI is InChI=1S/C14H21/c1-2-3-4-5-6-8-11-14-12-9-7-10-13-14/h7,9-10,12H,2-6,8,11H2,1H3. The molecule has 1 radical (unpaired) electrons. The highest BCUT2D eigenvalue weighted by Gasteiger charge is 1.92. The van der Waals surface area contributed by atoms with Crippen molar-refractivity contribution < 1.29 is 0 Å². The SMILES string of the molecule is CCCCCCCCc1[c]cccc1. The molecule has 0 saturated heterocycles. The maximum atomic E-state index is 3.27. The van der Waals surface area contributed by atoms with Crippen molar-refractivity contribution in [1.82, 2.24) is 0 Å². The lowest BCUT2D eigenvalue weighted by Crippen LogP contribution is -1.85. The number of unbranched alkanes of at least 4 members (excludes halogenated alkanes) is 5. The van der Waals surface area contributed by atoms with Crippen LogP contribution in [0, 0.1) is 6.07 Å². The van der Waals surface area contributed by atoms with Crippen LogP contribution < -0.4 is 0 Å². The van der Waals surface area contributed by atoms with Gasteiger partial charge in [-0.05, 0) is 24.5 Å². The number of aryl methyl sites for hydroxylation is 1.